The number of ether oxygens (including phenoxy) is 1. The van der Waals surface area contributed by atoms with Crippen molar-refractivity contribution in [3.63, 3.8) is 0 Å². The van der Waals surface area contributed by atoms with Gasteiger partial charge in [-0.25, -0.2) is 0 Å². The zero-order chi connectivity index (χ0) is 6.57. The van der Waals surface area contributed by atoms with Gasteiger partial charge in [0, 0.05) is 0 Å². The standard InChI is InChI=1S/C6H12O2/c1-4-8-6(7)5(2)3/h5H,4H2,1-3H3/p+1. The molecule has 0 fully saturated rings. The van der Waals surface area contributed by atoms with Crippen molar-refractivity contribution in [3.05, 3.63) is 0 Å². The molecule has 8 heavy (non-hydrogen) atoms. The van der Waals surface area contributed by atoms with Gasteiger partial charge in [0.05, 0.1) is 12.5 Å². The molecule has 0 saturated carbocycles. The maximum Gasteiger partial charge on any atom is 1.00 e. The van der Waals surface area contributed by atoms with Gasteiger partial charge in [-0.1, -0.05) is 13.8 Å². The van der Waals surface area contributed by atoms with Crippen LogP contribution in [0.5, 0.6) is 0 Å². The molecule has 0 radical (unpaired) electrons. The van der Waals surface area contributed by atoms with Crippen LogP contribution in [0.15, 0.2) is 0 Å². The van der Waals surface area contributed by atoms with Crippen LogP contribution >= 0.6 is 0 Å². The summed E-state index contributed by atoms with van der Waals surface area (Å²) in [5, 5.41) is 0. The highest BCUT2D eigenvalue weighted by molar-refractivity contribution is 5.71. The minimum Gasteiger partial charge on any atom is -0.466 e. The molecular formula is C6H13O2+. The highest BCUT2D eigenvalue weighted by Gasteiger charge is 2.04. The smallest absolute Gasteiger partial charge is 0.466 e. The van der Waals surface area contributed by atoms with Crippen molar-refractivity contribution in [1.82, 2.24) is 0 Å². The first kappa shape index (κ1) is 7.47. The predicted octanol–water partition coefficient (Wildman–Crippen LogP) is 1.32. The SMILES string of the molecule is CCOC(=O)C(C)C.[H+]. The zero-order valence-electron chi connectivity index (χ0n) is 6.60. The summed E-state index contributed by atoms with van der Waals surface area (Å²) in [6, 6.07) is 0. The molecule has 0 bridgehead atoms. The first-order valence-electron chi connectivity index (χ1n) is 2.85. The molecule has 0 heterocycles. The maximum absolute atomic E-state index is 10.5. The second kappa shape index (κ2) is 3.47. The van der Waals surface area contributed by atoms with E-state index in [4.69, 9.17) is 0 Å². The molecule has 0 aromatic rings. The van der Waals surface area contributed by atoms with Crippen LogP contribution in [0.2, 0.25) is 0 Å². The maximum atomic E-state index is 10.5. The zero-order valence-corrected chi connectivity index (χ0v) is 5.60. The summed E-state index contributed by atoms with van der Waals surface area (Å²) in [7, 11) is 0. The van der Waals surface area contributed by atoms with E-state index in [1.165, 1.54) is 0 Å². The molecule has 2 heteroatoms. The van der Waals surface area contributed by atoms with Crippen molar-refractivity contribution in [2.75, 3.05) is 6.61 Å². The third-order valence-corrected chi connectivity index (χ3v) is 0.758. The predicted molar refractivity (Wildman–Crippen MR) is 32.6 cm³/mol. The van der Waals surface area contributed by atoms with Crippen molar-refractivity contribution in [3.8, 4) is 0 Å². The van der Waals surface area contributed by atoms with Crippen LogP contribution in [0.1, 0.15) is 22.2 Å². The van der Waals surface area contributed by atoms with E-state index in [1.807, 2.05) is 13.8 Å². The Morgan fingerprint density at radius 2 is 2.25 bits per heavy atom. The highest BCUT2D eigenvalue weighted by atomic mass is 16.5. The Hall–Kier alpha value is -0.530. The molecule has 0 spiro atoms. The molecule has 0 amide bonds. The molecule has 0 N–H and O–H groups in total. The second-order valence-corrected chi connectivity index (χ2v) is 1.91. The Bertz CT molecular complexity index is 81.1. The van der Waals surface area contributed by atoms with E-state index < -0.39 is 0 Å². The minimum absolute atomic E-state index is 0. The number of carbonyl (C=O) groups is 1. The Morgan fingerprint density at radius 1 is 1.75 bits per heavy atom. The van der Waals surface area contributed by atoms with E-state index >= 15 is 0 Å². The Morgan fingerprint density at radius 3 is 2.38 bits per heavy atom. The van der Waals surface area contributed by atoms with Crippen molar-refractivity contribution >= 4 is 5.97 Å². The fraction of sp³-hybridized carbons (Fsp3) is 0.833. The summed E-state index contributed by atoms with van der Waals surface area (Å²) in [5.74, 6) is -0.109. The van der Waals surface area contributed by atoms with Gasteiger partial charge in [0.25, 0.3) is 0 Å². The van der Waals surface area contributed by atoms with Crippen LogP contribution in [0.3, 0.4) is 0 Å². The topological polar surface area (TPSA) is 26.3 Å². The van der Waals surface area contributed by atoms with Gasteiger partial charge < -0.3 is 4.74 Å². The Labute approximate surface area is 51.3 Å². The lowest BCUT2D eigenvalue weighted by Gasteiger charge is -2.01. The largest absolute Gasteiger partial charge is 1.00 e. The van der Waals surface area contributed by atoms with Gasteiger partial charge in [-0.05, 0) is 6.92 Å². The second-order valence-electron chi connectivity index (χ2n) is 1.91. The average molecular weight is 117 g/mol. The third-order valence-electron chi connectivity index (χ3n) is 0.758. The van der Waals surface area contributed by atoms with Crippen LogP contribution in [0.25, 0.3) is 0 Å². The first-order chi connectivity index (χ1) is 3.68. The third kappa shape index (κ3) is 2.61. The quantitative estimate of drug-likeness (QED) is 0.510. The number of esters is 1. The van der Waals surface area contributed by atoms with Gasteiger partial charge in [-0.2, -0.15) is 0 Å². The summed E-state index contributed by atoms with van der Waals surface area (Å²) >= 11 is 0. The first-order valence-corrected chi connectivity index (χ1v) is 2.85. The van der Waals surface area contributed by atoms with Crippen LogP contribution in [0.4, 0.5) is 0 Å². The molecule has 0 aliphatic carbocycles. The van der Waals surface area contributed by atoms with Crippen LogP contribution in [-0.4, -0.2) is 12.6 Å². The molecule has 0 saturated heterocycles. The number of hydrogen-bond donors (Lipinski definition) is 0. The molecule has 0 aromatic heterocycles. The Kier molecular flexibility index (Phi) is 3.24. The summed E-state index contributed by atoms with van der Waals surface area (Å²) < 4.78 is 4.66. The molecule has 48 valence electrons. The number of hydrogen-bond acceptors (Lipinski definition) is 2. The molecule has 0 aliphatic rings. The van der Waals surface area contributed by atoms with Crippen molar-refractivity contribution in [2.45, 2.75) is 20.8 Å². The number of rotatable bonds is 2. The van der Waals surface area contributed by atoms with Gasteiger partial charge in [-0.3, -0.25) is 4.79 Å². The molecule has 0 atom stereocenters. The molecule has 0 aliphatic heterocycles. The molecule has 0 aromatic carbocycles. The lowest BCUT2D eigenvalue weighted by molar-refractivity contribution is -0.146. The lowest BCUT2D eigenvalue weighted by Crippen LogP contribution is -2.10. The van der Waals surface area contributed by atoms with E-state index in [2.05, 4.69) is 4.74 Å². The highest BCUT2D eigenvalue weighted by Crippen LogP contribution is 1.93. The monoisotopic (exact) mass is 117 g/mol. The van der Waals surface area contributed by atoms with Crippen molar-refractivity contribution in [1.29, 1.82) is 0 Å². The minimum atomic E-state index is -0.118. The van der Waals surface area contributed by atoms with Gasteiger partial charge in [0.1, 0.15) is 0 Å². The van der Waals surface area contributed by atoms with Gasteiger partial charge in [0.15, 0.2) is 0 Å². The fourth-order valence-electron chi connectivity index (χ4n) is 0.309. The van der Waals surface area contributed by atoms with E-state index in [9.17, 15) is 4.79 Å². The summed E-state index contributed by atoms with van der Waals surface area (Å²) in [6.45, 7) is 5.92. The van der Waals surface area contributed by atoms with Crippen molar-refractivity contribution in [2.24, 2.45) is 5.92 Å². The number of carbonyl (C=O) groups excluding carboxylic acids is 1. The summed E-state index contributed by atoms with van der Waals surface area (Å²) in [4.78, 5) is 10.5. The lowest BCUT2D eigenvalue weighted by atomic mass is 10.2. The van der Waals surface area contributed by atoms with E-state index in [0.29, 0.717) is 6.61 Å². The van der Waals surface area contributed by atoms with E-state index in [1.54, 1.807) is 6.92 Å². The average Bonchev–Trinajstić information content (AvgIpc) is 1.67. The summed E-state index contributed by atoms with van der Waals surface area (Å²) in [5.41, 5.74) is 0. The molecule has 0 rings (SSSR count). The van der Waals surface area contributed by atoms with Gasteiger partial charge in [0.2, 0.25) is 0 Å². The van der Waals surface area contributed by atoms with Crippen LogP contribution < -0.4 is 0 Å². The Balaban J connectivity index is 0. The molecule has 0 unspecified atom stereocenters. The normalized spacial score (nSPS) is 9.50. The van der Waals surface area contributed by atoms with Crippen LogP contribution in [-0.2, 0) is 9.53 Å². The van der Waals surface area contributed by atoms with Crippen LogP contribution in [0, 0.1) is 5.92 Å². The van der Waals surface area contributed by atoms with Gasteiger partial charge in [-0.15, -0.1) is 0 Å². The summed E-state index contributed by atoms with van der Waals surface area (Å²) in [6.07, 6.45) is 0. The molecular weight excluding hydrogens is 104 g/mol. The van der Waals surface area contributed by atoms with Crippen molar-refractivity contribution < 1.29 is 11.0 Å². The fourth-order valence-corrected chi connectivity index (χ4v) is 0.309. The van der Waals surface area contributed by atoms with Gasteiger partial charge >= 0.3 is 7.40 Å². The molecule has 2 nitrogen and oxygen atoms in total. The van der Waals surface area contributed by atoms with E-state index in [0.717, 1.165) is 0 Å². The van der Waals surface area contributed by atoms with E-state index in [-0.39, 0.29) is 13.3 Å².